The van der Waals surface area contributed by atoms with Crippen LogP contribution in [0.25, 0.3) is 0 Å². The van der Waals surface area contributed by atoms with Gasteiger partial charge in [-0.15, -0.1) is 0 Å². The molecule has 2 aliphatic carbocycles. The number of nitrogens with one attached hydrogen (secondary N) is 1. The molecule has 0 radical (unpaired) electrons. The topological polar surface area (TPSA) is 58.0 Å². The van der Waals surface area contributed by atoms with Crippen LogP contribution in [-0.4, -0.2) is 27.7 Å². The fourth-order valence-corrected chi connectivity index (χ4v) is 3.10. The van der Waals surface area contributed by atoms with Gasteiger partial charge in [-0.25, -0.2) is 9.97 Å². The van der Waals surface area contributed by atoms with Gasteiger partial charge in [0.15, 0.2) is 0 Å². The number of aliphatic hydroxyl groups is 1. The van der Waals surface area contributed by atoms with Crippen molar-refractivity contribution in [3.63, 3.8) is 0 Å². The molecule has 0 amide bonds. The molecule has 3 rings (SSSR count). The van der Waals surface area contributed by atoms with E-state index in [1.165, 1.54) is 44.9 Å². The van der Waals surface area contributed by atoms with Gasteiger partial charge in [0.25, 0.3) is 0 Å². The molecule has 1 aromatic heterocycles. The van der Waals surface area contributed by atoms with E-state index in [9.17, 15) is 5.11 Å². The Balaban J connectivity index is 1.57. The fraction of sp³-hybridized carbons (Fsp3) is 0.750. The quantitative estimate of drug-likeness (QED) is 0.867. The summed E-state index contributed by atoms with van der Waals surface area (Å²) in [5.74, 6) is 2.87. The van der Waals surface area contributed by atoms with E-state index in [0.29, 0.717) is 18.4 Å². The van der Waals surface area contributed by atoms with Crippen molar-refractivity contribution in [3.05, 3.63) is 17.6 Å². The molecule has 0 spiro atoms. The van der Waals surface area contributed by atoms with Crippen molar-refractivity contribution in [2.24, 2.45) is 5.92 Å². The Bertz CT molecular complexity index is 453. The molecule has 2 aliphatic rings. The van der Waals surface area contributed by atoms with Crippen LogP contribution in [0.4, 0.5) is 5.82 Å². The second kappa shape index (κ2) is 6.08. The minimum absolute atomic E-state index is 0.255. The average molecular weight is 275 g/mol. The van der Waals surface area contributed by atoms with Crippen LogP contribution in [0, 0.1) is 12.8 Å². The van der Waals surface area contributed by atoms with Gasteiger partial charge >= 0.3 is 0 Å². The summed E-state index contributed by atoms with van der Waals surface area (Å²) in [7, 11) is 0. The highest BCUT2D eigenvalue weighted by molar-refractivity contribution is 5.36. The minimum Gasteiger partial charge on any atom is -0.391 e. The number of aromatic nitrogens is 2. The summed E-state index contributed by atoms with van der Waals surface area (Å²) in [6, 6.07) is 1.97. The Kier molecular flexibility index (Phi) is 4.20. The fourth-order valence-electron chi connectivity index (χ4n) is 3.10. The van der Waals surface area contributed by atoms with E-state index >= 15 is 0 Å². The summed E-state index contributed by atoms with van der Waals surface area (Å²) in [6.07, 6.45) is 8.36. The van der Waals surface area contributed by atoms with Crippen molar-refractivity contribution in [2.75, 3.05) is 11.9 Å². The maximum atomic E-state index is 10.3. The van der Waals surface area contributed by atoms with Crippen molar-refractivity contribution >= 4 is 5.82 Å². The van der Waals surface area contributed by atoms with E-state index in [4.69, 9.17) is 0 Å². The second-order valence-corrected chi connectivity index (χ2v) is 6.37. The molecule has 2 fully saturated rings. The van der Waals surface area contributed by atoms with Gasteiger partial charge in [-0.05, 0) is 38.5 Å². The number of nitrogens with zero attached hydrogens (tertiary/aromatic N) is 2. The van der Waals surface area contributed by atoms with Crippen LogP contribution in [0.3, 0.4) is 0 Å². The van der Waals surface area contributed by atoms with Crippen LogP contribution >= 0.6 is 0 Å². The van der Waals surface area contributed by atoms with E-state index in [0.717, 1.165) is 17.3 Å². The molecule has 1 heterocycles. The molecule has 4 nitrogen and oxygen atoms in total. The van der Waals surface area contributed by atoms with E-state index in [-0.39, 0.29) is 6.10 Å². The smallest absolute Gasteiger partial charge is 0.134 e. The largest absolute Gasteiger partial charge is 0.391 e. The third-order valence-corrected chi connectivity index (χ3v) is 4.50. The van der Waals surface area contributed by atoms with Crippen molar-refractivity contribution < 1.29 is 5.11 Å². The normalized spacial score (nSPS) is 21.7. The molecular formula is C16H25N3O. The Labute approximate surface area is 121 Å². The monoisotopic (exact) mass is 275 g/mol. The van der Waals surface area contributed by atoms with Gasteiger partial charge in [0, 0.05) is 24.2 Å². The van der Waals surface area contributed by atoms with E-state index < -0.39 is 0 Å². The van der Waals surface area contributed by atoms with Crippen LogP contribution in [0.1, 0.15) is 62.4 Å². The molecule has 20 heavy (non-hydrogen) atoms. The molecule has 0 saturated heterocycles. The first-order valence-corrected chi connectivity index (χ1v) is 8.00. The van der Waals surface area contributed by atoms with E-state index in [1.54, 1.807) is 0 Å². The molecule has 1 atom stereocenters. The zero-order valence-corrected chi connectivity index (χ0v) is 12.3. The highest BCUT2D eigenvalue weighted by Crippen LogP contribution is 2.38. The third-order valence-electron chi connectivity index (χ3n) is 4.50. The highest BCUT2D eigenvalue weighted by Gasteiger charge is 2.27. The van der Waals surface area contributed by atoms with Gasteiger partial charge in [-0.3, -0.25) is 0 Å². The van der Waals surface area contributed by atoms with E-state index in [2.05, 4.69) is 15.3 Å². The molecule has 110 valence electrons. The van der Waals surface area contributed by atoms with Crippen LogP contribution in [-0.2, 0) is 0 Å². The highest BCUT2D eigenvalue weighted by atomic mass is 16.3. The molecule has 0 unspecified atom stereocenters. The molecule has 0 bridgehead atoms. The molecule has 2 N–H and O–H groups in total. The van der Waals surface area contributed by atoms with Gasteiger partial charge < -0.3 is 10.4 Å². The van der Waals surface area contributed by atoms with Gasteiger partial charge in [0.05, 0.1) is 6.10 Å². The lowest BCUT2D eigenvalue weighted by molar-refractivity contribution is 0.0955. The first-order chi connectivity index (χ1) is 9.72. The van der Waals surface area contributed by atoms with E-state index in [1.807, 2.05) is 13.0 Å². The second-order valence-electron chi connectivity index (χ2n) is 6.37. The van der Waals surface area contributed by atoms with Gasteiger partial charge in [-0.2, -0.15) is 0 Å². The Morgan fingerprint density at radius 2 is 1.95 bits per heavy atom. The maximum absolute atomic E-state index is 10.3. The molecule has 4 heteroatoms. The van der Waals surface area contributed by atoms with Crippen LogP contribution in [0.2, 0.25) is 0 Å². The molecule has 2 saturated carbocycles. The summed E-state index contributed by atoms with van der Waals surface area (Å²) < 4.78 is 0. The van der Waals surface area contributed by atoms with Crippen molar-refractivity contribution in [1.29, 1.82) is 0 Å². The Morgan fingerprint density at radius 3 is 2.65 bits per heavy atom. The molecule has 0 aliphatic heterocycles. The summed E-state index contributed by atoms with van der Waals surface area (Å²) in [5.41, 5.74) is 1.01. The van der Waals surface area contributed by atoms with Gasteiger partial charge in [0.1, 0.15) is 11.6 Å². The average Bonchev–Trinajstić information content (AvgIpc) is 3.30. The lowest BCUT2D eigenvalue weighted by atomic mass is 9.85. The van der Waals surface area contributed by atoms with Crippen molar-refractivity contribution in [1.82, 2.24) is 9.97 Å². The summed E-state index contributed by atoms with van der Waals surface area (Å²) in [5, 5.41) is 13.6. The van der Waals surface area contributed by atoms with Crippen molar-refractivity contribution in [2.45, 2.75) is 63.9 Å². The zero-order valence-electron chi connectivity index (χ0n) is 12.3. The number of hydrogen-bond acceptors (Lipinski definition) is 4. The first-order valence-electron chi connectivity index (χ1n) is 8.00. The van der Waals surface area contributed by atoms with Crippen molar-refractivity contribution in [3.8, 4) is 0 Å². The van der Waals surface area contributed by atoms with Gasteiger partial charge in [-0.1, -0.05) is 19.3 Å². The lowest BCUT2D eigenvalue weighted by Gasteiger charge is -2.26. The Morgan fingerprint density at radius 1 is 1.20 bits per heavy atom. The first kappa shape index (κ1) is 13.8. The zero-order chi connectivity index (χ0) is 13.9. The number of rotatable bonds is 5. The predicted octanol–water partition coefficient (Wildman–Crippen LogP) is 3.02. The summed E-state index contributed by atoms with van der Waals surface area (Å²) in [6.45, 7) is 2.61. The summed E-state index contributed by atoms with van der Waals surface area (Å²) >= 11 is 0. The SMILES string of the molecule is Cc1cc(NC[C@@H](O)C2CCCCC2)nc(C2CC2)n1. The summed E-state index contributed by atoms with van der Waals surface area (Å²) in [4.78, 5) is 9.08. The van der Waals surface area contributed by atoms with Crippen LogP contribution in [0.15, 0.2) is 6.07 Å². The number of anilines is 1. The van der Waals surface area contributed by atoms with Gasteiger partial charge in [0.2, 0.25) is 0 Å². The lowest BCUT2D eigenvalue weighted by Crippen LogP contribution is -2.30. The predicted molar refractivity (Wildman–Crippen MR) is 79.8 cm³/mol. The molecule has 1 aromatic rings. The Hall–Kier alpha value is -1.16. The number of hydrogen-bond donors (Lipinski definition) is 2. The maximum Gasteiger partial charge on any atom is 0.134 e. The number of aryl methyl sites for hydroxylation is 1. The standard InChI is InChI=1S/C16H25N3O/c1-11-9-15(19-16(18-11)13-7-8-13)17-10-14(20)12-5-3-2-4-6-12/h9,12-14,20H,2-8,10H2,1H3,(H,17,18,19)/t14-/m1/s1. The van der Waals surface area contributed by atoms with Crippen LogP contribution in [0.5, 0.6) is 0 Å². The van der Waals surface area contributed by atoms with Crippen LogP contribution < -0.4 is 5.32 Å². The third kappa shape index (κ3) is 3.48. The number of aliphatic hydroxyl groups excluding tert-OH is 1. The minimum atomic E-state index is -0.255. The molecule has 0 aromatic carbocycles. The molecular weight excluding hydrogens is 250 g/mol.